The summed E-state index contributed by atoms with van der Waals surface area (Å²) in [6.07, 6.45) is 1.03. The average Bonchev–Trinajstić information content (AvgIpc) is 2.76. The highest BCUT2D eigenvalue weighted by Crippen LogP contribution is 2.25. The molecule has 2 radical (unpaired) electrons. The zero-order valence-electron chi connectivity index (χ0n) is 11.5. The maximum atomic E-state index is 12.0. The number of aromatic nitrogens is 2. The van der Waals surface area contributed by atoms with E-state index in [9.17, 15) is 9.59 Å². The van der Waals surface area contributed by atoms with Gasteiger partial charge in [-0.25, -0.2) is 4.79 Å². The third-order valence-electron chi connectivity index (χ3n) is 3.04. The fraction of sp³-hybridized carbons (Fsp3) is 0.308. The van der Waals surface area contributed by atoms with Gasteiger partial charge in [0.1, 0.15) is 14.1 Å². The van der Waals surface area contributed by atoms with Crippen LogP contribution in [0.3, 0.4) is 0 Å². The number of hydrogen-bond donors (Lipinski definition) is 1. The van der Waals surface area contributed by atoms with Crippen LogP contribution in [0.1, 0.15) is 6.42 Å². The number of nitrogens with zero attached hydrogens (tertiary/aromatic N) is 3. The van der Waals surface area contributed by atoms with Crippen molar-refractivity contribution in [2.24, 2.45) is 7.05 Å². The number of nitrogens with one attached hydrogen (secondary N) is 1. The molecule has 2 rings (SSSR count). The SMILES string of the molecule is [B]c1ccc2c(N(CCC=O)C(=O)NC)nn(C)c2c1. The normalized spacial score (nSPS) is 10.5. The standard InChI is InChI=1S/C13H15BN4O2/c1-15-13(20)18(6-3-7-19)12-10-5-4-9(14)8-11(10)17(2)16-12/h4-5,7-8H,3,6H2,1-2H3,(H,15,20). The van der Waals surface area contributed by atoms with Gasteiger partial charge in [-0.3, -0.25) is 9.58 Å². The van der Waals surface area contributed by atoms with Crippen molar-refractivity contribution >= 4 is 42.3 Å². The van der Waals surface area contributed by atoms with Gasteiger partial charge in [-0.1, -0.05) is 11.5 Å². The lowest BCUT2D eigenvalue weighted by Crippen LogP contribution is -2.39. The fourth-order valence-electron chi connectivity index (χ4n) is 2.08. The molecule has 102 valence electrons. The molecule has 1 aromatic heterocycles. The Balaban J connectivity index is 2.52. The molecular formula is C13H15BN4O2. The quantitative estimate of drug-likeness (QED) is 0.633. The highest BCUT2D eigenvalue weighted by molar-refractivity contribution is 6.33. The Labute approximate surface area is 118 Å². The summed E-state index contributed by atoms with van der Waals surface area (Å²) >= 11 is 0. The van der Waals surface area contributed by atoms with Crippen LogP contribution in [0.15, 0.2) is 18.2 Å². The van der Waals surface area contributed by atoms with E-state index in [4.69, 9.17) is 7.85 Å². The van der Waals surface area contributed by atoms with Gasteiger partial charge >= 0.3 is 6.03 Å². The van der Waals surface area contributed by atoms with E-state index in [1.165, 1.54) is 4.90 Å². The van der Waals surface area contributed by atoms with Crippen molar-refractivity contribution in [3.63, 3.8) is 0 Å². The topological polar surface area (TPSA) is 67.2 Å². The number of hydrogen-bond acceptors (Lipinski definition) is 3. The molecule has 0 unspecified atom stereocenters. The molecule has 2 aromatic rings. The number of fused-ring (bicyclic) bond motifs is 1. The van der Waals surface area contributed by atoms with Crippen molar-refractivity contribution in [1.29, 1.82) is 0 Å². The Morgan fingerprint density at radius 1 is 1.55 bits per heavy atom. The Bertz CT molecular complexity index is 653. The molecule has 0 saturated carbocycles. The molecule has 1 aromatic carbocycles. The molecule has 1 N–H and O–H groups in total. The predicted octanol–water partition coefficient (Wildman–Crippen LogP) is 0.102. The van der Waals surface area contributed by atoms with Crippen molar-refractivity contribution in [3.05, 3.63) is 18.2 Å². The highest BCUT2D eigenvalue weighted by atomic mass is 16.2. The summed E-state index contributed by atoms with van der Waals surface area (Å²) in [4.78, 5) is 24.0. The number of aldehydes is 1. The molecule has 0 aliphatic carbocycles. The van der Waals surface area contributed by atoms with Gasteiger partial charge < -0.3 is 10.1 Å². The maximum Gasteiger partial charge on any atom is 0.322 e. The number of carbonyl (C=O) groups is 2. The van der Waals surface area contributed by atoms with Crippen molar-refractivity contribution in [2.75, 3.05) is 18.5 Å². The van der Waals surface area contributed by atoms with E-state index >= 15 is 0 Å². The van der Waals surface area contributed by atoms with E-state index in [1.807, 2.05) is 6.07 Å². The predicted molar refractivity (Wildman–Crippen MR) is 78.6 cm³/mol. The molecule has 0 aliphatic heterocycles. The van der Waals surface area contributed by atoms with Crippen LogP contribution >= 0.6 is 0 Å². The molecule has 1 heterocycles. The molecule has 7 heteroatoms. The van der Waals surface area contributed by atoms with Crippen LogP contribution in [0.5, 0.6) is 0 Å². The summed E-state index contributed by atoms with van der Waals surface area (Å²) in [6.45, 7) is 0.277. The molecule has 0 atom stereocenters. The van der Waals surface area contributed by atoms with Gasteiger partial charge in [-0.2, -0.15) is 5.10 Å². The van der Waals surface area contributed by atoms with E-state index in [1.54, 1.807) is 30.9 Å². The van der Waals surface area contributed by atoms with Crippen LogP contribution in [0.4, 0.5) is 10.6 Å². The molecule has 0 fully saturated rings. The molecule has 6 nitrogen and oxygen atoms in total. The monoisotopic (exact) mass is 270 g/mol. The van der Waals surface area contributed by atoms with E-state index < -0.39 is 0 Å². The van der Waals surface area contributed by atoms with E-state index in [0.29, 0.717) is 11.3 Å². The van der Waals surface area contributed by atoms with Gasteiger partial charge in [0, 0.05) is 32.4 Å². The van der Waals surface area contributed by atoms with Crippen molar-refractivity contribution in [2.45, 2.75) is 6.42 Å². The molecule has 0 bridgehead atoms. The first-order chi connectivity index (χ1) is 9.58. The molecule has 0 spiro atoms. The molecule has 0 aliphatic rings. The number of urea groups is 1. The average molecular weight is 270 g/mol. The first-order valence-electron chi connectivity index (χ1n) is 6.23. The summed E-state index contributed by atoms with van der Waals surface area (Å²) in [5.41, 5.74) is 1.46. The summed E-state index contributed by atoms with van der Waals surface area (Å²) < 4.78 is 1.66. The molecule has 0 saturated heterocycles. The van der Waals surface area contributed by atoms with Gasteiger partial charge in [0.05, 0.1) is 5.52 Å². The minimum Gasteiger partial charge on any atom is -0.341 e. The van der Waals surface area contributed by atoms with Crippen LogP contribution < -0.4 is 15.7 Å². The van der Waals surface area contributed by atoms with Crippen LogP contribution in [-0.2, 0) is 11.8 Å². The Morgan fingerprint density at radius 2 is 2.30 bits per heavy atom. The number of aryl methyl sites for hydroxylation is 1. The summed E-state index contributed by atoms with van der Waals surface area (Å²) in [5, 5.41) is 7.73. The van der Waals surface area contributed by atoms with E-state index in [2.05, 4.69) is 10.4 Å². The second-order valence-corrected chi connectivity index (χ2v) is 4.39. The number of amides is 2. The smallest absolute Gasteiger partial charge is 0.322 e. The van der Waals surface area contributed by atoms with E-state index in [0.717, 1.165) is 17.2 Å². The summed E-state index contributed by atoms with van der Waals surface area (Å²) in [7, 11) is 9.09. The zero-order valence-corrected chi connectivity index (χ0v) is 11.5. The van der Waals surface area contributed by atoms with Crippen LogP contribution in [0.25, 0.3) is 10.9 Å². The Kier molecular flexibility index (Phi) is 4.07. The van der Waals surface area contributed by atoms with Gasteiger partial charge in [0.25, 0.3) is 0 Å². The number of anilines is 1. The number of rotatable bonds is 4. The number of benzene rings is 1. The minimum atomic E-state index is -0.302. The van der Waals surface area contributed by atoms with Crippen molar-refractivity contribution in [3.8, 4) is 0 Å². The van der Waals surface area contributed by atoms with Crippen molar-refractivity contribution < 1.29 is 9.59 Å². The third kappa shape index (κ3) is 2.52. The lowest BCUT2D eigenvalue weighted by molar-refractivity contribution is -0.107. The Morgan fingerprint density at radius 3 is 2.95 bits per heavy atom. The van der Waals surface area contributed by atoms with Crippen LogP contribution in [0, 0.1) is 0 Å². The summed E-state index contributed by atoms with van der Waals surface area (Å²) in [5.74, 6) is 0.517. The van der Waals surface area contributed by atoms with Crippen LogP contribution in [0.2, 0.25) is 0 Å². The first-order valence-corrected chi connectivity index (χ1v) is 6.23. The van der Waals surface area contributed by atoms with Gasteiger partial charge in [-0.15, -0.1) is 0 Å². The zero-order chi connectivity index (χ0) is 14.7. The number of carbonyl (C=O) groups excluding carboxylic acids is 2. The summed E-state index contributed by atoms with van der Waals surface area (Å²) in [6, 6.07) is 5.08. The van der Waals surface area contributed by atoms with Crippen molar-refractivity contribution in [1.82, 2.24) is 15.1 Å². The van der Waals surface area contributed by atoms with Crippen LogP contribution in [-0.4, -0.2) is 43.5 Å². The first kappa shape index (κ1) is 14.1. The lowest BCUT2D eigenvalue weighted by Gasteiger charge is -2.19. The Hall–Kier alpha value is -2.31. The second-order valence-electron chi connectivity index (χ2n) is 4.39. The fourth-order valence-corrected chi connectivity index (χ4v) is 2.08. The molecule has 20 heavy (non-hydrogen) atoms. The maximum absolute atomic E-state index is 12.0. The highest BCUT2D eigenvalue weighted by Gasteiger charge is 2.20. The van der Waals surface area contributed by atoms with Gasteiger partial charge in [0.15, 0.2) is 5.82 Å². The van der Waals surface area contributed by atoms with Gasteiger partial charge in [-0.05, 0) is 12.1 Å². The second kappa shape index (κ2) is 5.77. The minimum absolute atomic E-state index is 0.250. The largest absolute Gasteiger partial charge is 0.341 e. The third-order valence-corrected chi connectivity index (χ3v) is 3.04. The van der Waals surface area contributed by atoms with Gasteiger partial charge in [0.2, 0.25) is 0 Å². The lowest BCUT2D eigenvalue weighted by atomic mass is 9.95. The molecule has 2 amide bonds. The molecular weight excluding hydrogens is 255 g/mol. The van der Waals surface area contributed by atoms with E-state index in [-0.39, 0.29) is 19.0 Å².